The normalized spacial score (nSPS) is 26.6. The SMILES string of the molecule is CC1CCC(Nc2ccc(N)c3cccnc23)C(C)C1. The van der Waals surface area contributed by atoms with E-state index in [2.05, 4.69) is 30.2 Å². The van der Waals surface area contributed by atoms with Crippen LogP contribution in [0.25, 0.3) is 10.9 Å². The van der Waals surface area contributed by atoms with E-state index in [9.17, 15) is 0 Å². The number of hydrogen-bond acceptors (Lipinski definition) is 3. The molecule has 1 saturated carbocycles. The molecule has 3 atom stereocenters. The highest BCUT2D eigenvalue weighted by Crippen LogP contribution is 2.33. The maximum Gasteiger partial charge on any atom is 0.0953 e. The van der Waals surface area contributed by atoms with Gasteiger partial charge in [0.1, 0.15) is 0 Å². The van der Waals surface area contributed by atoms with Crippen LogP contribution in [-0.2, 0) is 0 Å². The van der Waals surface area contributed by atoms with Crippen molar-refractivity contribution in [1.29, 1.82) is 0 Å². The molecular weight excluding hydrogens is 246 g/mol. The molecule has 3 rings (SSSR count). The molecule has 3 unspecified atom stereocenters. The van der Waals surface area contributed by atoms with Crippen LogP contribution in [-0.4, -0.2) is 11.0 Å². The molecule has 1 heterocycles. The van der Waals surface area contributed by atoms with Crippen LogP contribution in [0, 0.1) is 11.8 Å². The molecule has 2 aromatic rings. The van der Waals surface area contributed by atoms with E-state index in [1.807, 2.05) is 24.4 Å². The number of benzene rings is 1. The Morgan fingerprint density at radius 2 is 2.05 bits per heavy atom. The highest BCUT2D eigenvalue weighted by molar-refractivity contribution is 5.98. The summed E-state index contributed by atoms with van der Waals surface area (Å²) in [7, 11) is 0. The number of anilines is 2. The van der Waals surface area contributed by atoms with E-state index < -0.39 is 0 Å². The highest BCUT2D eigenvalue weighted by atomic mass is 14.9. The van der Waals surface area contributed by atoms with E-state index in [-0.39, 0.29) is 0 Å². The second-order valence-corrected chi connectivity index (χ2v) is 6.25. The summed E-state index contributed by atoms with van der Waals surface area (Å²) >= 11 is 0. The maximum atomic E-state index is 6.04. The molecule has 106 valence electrons. The number of nitrogen functional groups attached to an aromatic ring is 1. The lowest BCUT2D eigenvalue weighted by Gasteiger charge is -2.34. The summed E-state index contributed by atoms with van der Waals surface area (Å²) in [4.78, 5) is 4.50. The Bertz CT molecular complexity index is 608. The van der Waals surface area contributed by atoms with Crippen LogP contribution in [0.2, 0.25) is 0 Å². The first-order valence-corrected chi connectivity index (χ1v) is 7.55. The number of nitrogens with two attached hydrogens (primary N) is 1. The molecule has 3 heteroatoms. The third kappa shape index (κ3) is 2.45. The molecule has 3 nitrogen and oxygen atoms in total. The summed E-state index contributed by atoms with van der Waals surface area (Å²) in [6, 6.07) is 8.56. The Kier molecular flexibility index (Phi) is 3.51. The van der Waals surface area contributed by atoms with E-state index in [0.29, 0.717) is 12.0 Å². The molecule has 1 aliphatic rings. The smallest absolute Gasteiger partial charge is 0.0953 e. The van der Waals surface area contributed by atoms with Crippen LogP contribution < -0.4 is 11.1 Å². The molecule has 3 N–H and O–H groups in total. The van der Waals surface area contributed by atoms with Crippen LogP contribution in [0.4, 0.5) is 11.4 Å². The summed E-state index contributed by atoms with van der Waals surface area (Å²) in [5, 5.41) is 4.74. The third-order valence-electron chi connectivity index (χ3n) is 4.58. The lowest BCUT2D eigenvalue weighted by atomic mass is 9.80. The van der Waals surface area contributed by atoms with Crippen molar-refractivity contribution in [3.8, 4) is 0 Å². The van der Waals surface area contributed by atoms with E-state index in [1.54, 1.807) is 0 Å². The number of rotatable bonds is 2. The third-order valence-corrected chi connectivity index (χ3v) is 4.58. The molecule has 0 spiro atoms. The van der Waals surface area contributed by atoms with Gasteiger partial charge in [-0.1, -0.05) is 13.8 Å². The van der Waals surface area contributed by atoms with Gasteiger partial charge in [0.15, 0.2) is 0 Å². The Labute approximate surface area is 120 Å². The van der Waals surface area contributed by atoms with E-state index in [4.69, 9.17) is 5.73 Å². The molecule has 1 aromatic carbocycles. The molecule has 0 amide bonds. The number of fused-ring (bicyclic) bond motifs is 1. The minimum Gasteiger partial charge on any atom is -0.398 e. The molecule has 0 bridgehead atoms. The molecule has 1 aliphatic carbocycles. The fourth-order valence-corrected chi connectivity index (χ4v) is 3.39. The van der Waals surface area contributed by atoms with Gasteiger partial charge in [-0.05, 0) is 55.4 Å². The van der Waals surface area contributed by atoms with Crippen LogP contribution in [0.5, 0.6) is 0 Å². The first-order chi connectivity index (χ1) is 9.65. The van der Waals surface area contributed by atoms with Gasteiger partial charge in [0.05, 0.1) is 11.2 Å². The molecular formula is C17H23N3. The number of aromatic nitrogens is 1. The van der Waals surface area contributed by atoms with Gasteiger partial charge in [-0.15, -0.1) is 0 Å². The van der Waals surface area contributed by atoms with Crippen molar-refractivity contribution >= 4 is 22.3 Å². The van der Waals surface area contributed by atoms with Gasteiger partial charge in [-0.2, -0.15) is 0 Å². The zero-order chi connectivity index (χ0) is 14.1. The fraction of sp³-hybridized carbons (Fsp3) is 0.471. The molecule has 20 heavy (non-hydrogen) atoms. The maximum absolute atomic E-state index is 6.04. The second kappa shape index (κ2) is 5.31. The minimum atomic E-state index is 0.542. The average Bonchev–Trinajstić information content (AvgIpc) is 2.45. The van der Waals surface area contributed by atoms with Crippen LogP contribution >= 0.6 is 0 Å². The second-order valence-electron chi connectivity index (χ2n) is 6.25. The van der Waals surface area contributed by atoms with Crippen molar-refractivity contribution in [1.82, 2.24) is 4.98 Å². The summed E-state index contributed by atoms with van der Waals surface area (Å²) < 4.78 is 0. The number of nitrogens with zero attached hydrogens (tertiary/aromatic N) is 1. The van der Waals surface area contributed by atoms with E-state index in [0.717, 1.165) is 28.2 Å². The largest absolute Gasteiger partial charge is 0.398 e. The molecule has 1 aromatic heterocycles. The average molecular weight is 269 g/mol. The standard InChI is InChI=1S/C17H23N3/c1-11-5-7-15(12(2)10-11)20-16-8-6-14(18)13-4-3-9-19-17(13)16/h3-4,6,8-9,11-12,15,20H,5,7,10,18H2,1-2H3. The number of hydrogen-bond donors (Lipinski definition) is 2. The Balaban J connectivity index is 1.90. The van der Waals surface area contributed by atoms with Crippen molar-refractivity contribution in [3.05, 3.63) is 30.5 Å². The molecule has 0 radical (unpaired) electrons. The monoisotopic (exact) mass is 269 g/mol. The fourth-order valence-electron chi connectivity index (χ4n) is 3.39. The van der Waals surface area contributed by atoms with Gasteiger partial charge in [0.25, 0.3) is 0 Å². The summed E-state index contributed by atoms with van der Waals surface area (Å²) in [6.45, 7) is 4.70. The van der Waals surface area contributed by atoms with Crippen molar-refractivity contribution in [3.63, 3.8) is 0 Å². The lowest BCUT2D eigenvalue weighted by molar-refractivity contribution is 0.276. The topological polar surface area (TPSA) is 50.9 Å². The summed E-state index contributed by atoms with van der Waals surface area (Å²) in [5.41, 5.74) is 8.93. The Morgan fingerprint density at radius 1 is 1.20 bits per heavy atom. The van der Waals surface area contributed by atoms with Gasteiger partial charge in [-0.25, -0.2) is 0 Å². The van der Waals surface area contributed by atoms with E-state index >= 15 is 0 Å². The van der Waals surface area contributed by atoms with Gasteiger partial charge < -0.3 is 11.1 Å². The molecule has 1 fully saturated rings. The van der Waals surface area contributed by atoms with Gasteiger partial charge in [-0.3, -0.25) is 4.98 Å². The molecule has 0 saturated heterocycles. The van der Waals surface area contributed by atoms with E-state index in [1.165, 1.54) is 19.3 Å². The van der Waals surface area contributed by atoms with Crippen molar-refractivity contribution in [2.24, 2.45) is 11.8 Å². The number of nitrogens with one attached hydrogen (secondary N) is 1. The van der Waals surface area contributed by atoms with Crippen LogP contribution in [0.3, 0.4) is 0 Å². The Morgan fingerprint density at radius 3 is 2.85 bits per heavy atom. The zero-order valence-electron chi connectivity index (χ0n) is 12.3. The zero-order valence-corrected chi connectivity index (χ0v) is 12.3. The Hall–Kier alpha value is -1.77. The van der Waals surface area contributed by atoms with Crippen LogP contribution in [0.15, 0.2) is 30.5 Å². The minimum absolute atomic E-state index is 0.542. The first kappa shape index (κ1) is 13.2. The predicted molar refractivity (Wildman–Crippen MR) is 85.7 cm³/mol. The van der Waals surface area contributed by atoms with Crippen LogP contribution in [0.1, 0.15) is 33.1 Å². The highest BCUT2D eigenvalue weighted by Gasteiger charge is 2.25. The summed E-state index contributed by atoms with van der Waals surface area (Å²) in [5.74, 6) is 1.56. The van der Waals surface area contributed by atoms with Crippen molar-refractivity contribution in [2.45, 2.75) is 39.2 Å². The quantitative estimate of drug-likeness (QED) is 0.808. The lowest BCUT2D eigenvalue weighted by Crippen LogP contribution is -2.33. The predicted octanol–water partition coefficient (Wildman–Crippen LogP) is 4.05. The van der Waals surface area contributed by atoms with Gasteiger partial charge in [0, 0.05) is 23.3 Å². The van der Waals surface area contributed by atoms with Gasteiger partial charge in [0.2, 0.25) is 0 Å². The first-order valence-electron chi connectivity index (χ1n) is 7.55. The molecule has 0 aliphatic heterocycles. The number of pyridine rings is 1. The van der Waals surface area contributed by atoms with Crippen molar-refractivity contribution in [2.75, 3.05) is 11.1 Å². The van der Waals surface area contributed by atoms with Crippen molar-refractivity contribution < 1.29 is 0 Å². The van der Waals surface area contributed by atoms with Gasteiger partial charge >= 0.3 is 0 Å². The summed E-state index contributed by atoms with van der Waals surface area (Å²) in [6.07, 6.45) is 5.68.